The fourth-order valence-corrected chi connectivity index (χ4v) is 3.58. The SMILES string of the molecule is CCNC(=NCCc1csc(-c2ccccc2)n1)N(C)CCOCC1CC1.I. The summed E-state index contributed by atoms with van der Waals surface area (Å²) in [6, 6.07) is 10.3. The summed E-state index contributed by atoms with van der Waals surface area (Å²) < 4.78 is 5.74. The van der Waals surface area contributed by atoms with E-state index in [9.17, 15) is 0 Å². The molecule has 0 bridgehead atoms. The number of hydrogen-bond acceptors (Lipinski definition) is 4. The summed E-state index contributed by atoms with van der Waals surface area (Å²) >= 11 is 1.70. The fourth-order valence-electron chi connectivity index (χ4n) is 2.72. The van der Waals surface area contributed by atoms with E-state index >= 15 is 0 Å². The van der Waals surface area contributed by atoms with E-state index < -0.39 is 0 Å². The van der Waals surface area contributed by atoms with Crippen LogP contribution in [0.3, 0.4) is 0 Å². The zero-order valence-electron chi connectivity index (χ0n) is 16.8. The van der Waals surface area contributed by atoms with E-state index in [2.05, 4.69) is 41.7 Å². The van der Waals surface area contributed by atoms with Crippen molar-refractivity contribution in [1.82, 2.24) is 15.2 Å². The van der Waals surface area contributed by atoms with Crippen LogP contribution in [0.15, 0.2) is 40.7 Å². The van der Waals surface area contributed by atoms with E-state index in [0.717, 1.165) is 61.8 Å². The average molecular weight is 514 g/mol. The van der Waals surface area contributed by atoms with Gasteiger partial charge < -0.3 is 15.0 Å². The molecule has 1 N–H and O–H groups in total. The maximum Gasteiger partial charge on any atom is 0.193 e. The van der Waals surface area contributed by atoms with E-state index in [1.165, 1.54) is 18.4 Å². The summed E-state index contributed by atoms with van der Waals surface area (Å²) in [6.45, 7) is 6.21. The van der Waals surface area contributed by atoms with Crippen LogP contribution in [-0.2, 0) is 11.2 Å². The van der Waals surface area contributed by atoms with Crippen molar-refractivity contribution >= 4 is 41.3 Å². The molecule has 0 amide bonds. The Morgan fingerprint density at radius 2 is 2.11 bits per heavy atom. The van der Waals surface area contributed by atoms with Gasteiger partial charge in [-0.05, 0) is 25.7 Å². The number of aromatic nitrogens is 1. The highest BCUT2D eigenvalue weighted by Gasteiger charge is 2.21. The average Bonchev–Trinajstić information content (AvgIpc) is 3.40. The van der Waals surface area contributed by atoms with Crippen LogP contribution in [0.25, 0.3) is 10.6 Å². The molecule has 2 aromatic rings. The second-order valence-corrected chi connectivity index (χ2v) is 7.79. The zero-order valence-corrected chi connectivity index (χ0v) is 19.9. The predicted molar refractivity (Wildman–Crippen MR) is 129 cm³/mol. The third-order valence-electron chi connectivity index (χ3n) is 4.52. The monoisotopic (exact) mass is 514 g/mol. The molecule has 0 aliphatic heterocycles. The lowest BCUT2D eigenvalue weighted by Crippen LogP contribution is -2.40. The highest BCUT2D eigenvalue weighted by molar-refractivity contribution is 14.0. The molecule has 1 saturated carbocycles. The molecule has 1 fully saturated rings. The van der Waals surface area contributed by atoms with Gasteiger partial charge in [-0.3, -0.25) is 4.99 Å². The zero-order chi connectivity index (χ0) is 18.9. The largest absolute Gasteiger partial charge is 0.379 e. The normalized spacial score (nSPS) is 13.9. The molecule has 0 unspecified atom stereocenters. The van der Waals surface area contributed by atoms with Crippen LogP contribution in [0, 0.1) is 5.92 Å². The fraction of sp³-hybridized carbons (Fsp3) is 0.524. The van der Waals surface area contributed by atoms with Gasteiger partial charge >= 0.3 is 0 Å². The third kappa shape index (κ3) is 7.67. The second-order valence-electron chi connectivity index (χ2n) is 6.94. The number of guanidine groups is 1. The number of aliphatic imine (C=N–C) groups is 1. The van der Waals surface area contributed by atoms with Gasteiger partial charge in [-0.2, -0.15) is 0 Å². The summed E-state index contributed by atoms with van der Waals surface area (Å²) in [5.41, 5.74) is 2.28. The number of halogens is 1. The van der Waals surface area contributed by atoms with Crippen LogP contribution < -0.4 is 5.32 Å². The molecule has 7 heteroatoms. The minimum atomic E-state index is 0. The van der Waals surface area contributed by atoms with E-state index in [4.69, 9.17) is 14.7 Å². The highest BCUT2D eigenvalue weighted by atomic mass is 127. The van der Waals surface area contributed by atoms with Gasteiger partial charge in [0.05, 0.1) is 12.3 Å². The second kappa shape index (κ2) is 12.4. The third-order valence-corrected chi connectivity index (χ3v) is 5.46. The van der Waals surface area contributed by atoms with Crippen molar-refractivity contribution in [3.8, 4) is 10.6 Å². The molecule has 3 rings (SSSR count). The molecule has 5 nitrogen and oxygen atoms in total. The molecule has 28 heavy (non-hydrogen) atoms. The minimum Gasteiger partial charge on any atom is -0.379 e. The molecule has 0 atom stereocenters. The Balaban J connectivity index is 0.00000280. The van der Waals surface area contributed by atoms with Gasteiger partial charge in [0, 0.05) is 50.7 Å². The van der Waals surface area contributed by atoms with Crippen molar-refractivity contribution in [3.63, 3.8) is 0 Å². The first kappa shape index (κ1) is 23.1. The number of benzene rings is 1. The first-order valence-corrected chi connectivity index (χ1v) is 10.7. The van der Waals surface area contributed by atoms with Gasteiger partial charge in [0.15, 0.2) is 5.96 Å². The van der Waals surface area contributed by atoms with E-state index in [0.29, 0.717) is 0 Å². The summed E-state index contributed by atoms with van der Waals surface area (Å²) in [5, 5.41) is 6.58. The minimum absolute atomic E-state index is 0. The molecule has 154 valence electrons. The Hall–Kier alpha value is -1.19. The molecule has 1 aromatic carbocycles. The van der Waals surface area contributed by atoms with Crippen molar-refractivity contribution < 1.29 is 4.74 Å². The van der Waals surface area contributed by atoms with Crippen molar-refractivity contribution in [2.24, 2.45) is 10.9 Å². The number of nitrogens with one attached hydrogen (secondary N) is 1. The van der Waals surface area contributed by atoms with Gasteiger partial charge in [-0.25, -0.2) is 4.98 Å². The lowest BCUT2D eigenvalue weighted by Gasteiger charge is -2.22. The number of nitrogens with zero attached hydrogens (tertiary/aromatic N) is 3. The summed E-state index contributed by atoms with van der Waals surface area (Å²) in [5.74, 6) is 1.75. The summed E-state index contributed by atoms with van der Waals surface area (Å²) in [7, 11) is 2.07. The van der Waals surface area contributed by atoms with Crippen LogP contribution in [-0.4, -0.2) is 55.7 Å². The molecule has 1 heterocycles. The molecule has 1 aromatic heterocycles. The van der Waals surface area contributed by atoms with Gasteiger partial charge in [0.2, 0.25) is 0 Å². The number of rotatable bonds is 10. The van der Waals surface area contributed by atoms with Gasteiger partial charge in [-0.1, -0.05) is 30.3 Å². The van der Waals surface area contributed by atoms with Crippen molar-refractivity contribution in [2.75, 3.05) is 39.9 Å². The molecule has 0 radical (unpaired) electrons. The quantitative estimate of drug-likeness (QED) is 0.223. The first-order chi connectivity index (χ1) is 13.3. The lowest BCUT2D eigenvalue weighted by atomic mass is 10.2. The standard InChI is InChI=1S/C21H30N4OS.HI/c1-3-22-21(25(2)13-14-26-15-17-9-10-17)23-12-11-19-16-27-20(24-19)18-7-5-4-6-8-18;/h4-8,16-17H,3,9-15H2,1-2H3,(H,22,23);1H. The van der Waals surface area contributed by atoms with Crippen LogP contribution in [0.5, 0.6) is 0 Å². The first-order valence-electron chi connectivity index (χ1n) is 9.83. The van der Waals surface area contributed by atoms with Crippen LogP contribution in [0.2, 0.25) is 0 Å². The molecule has 1 aliphatic rings. The Kier molecular flexibility index (Phi) is 10.2. The van der Waals surface area contributed by atoms with Crippen LogP contribution in [0.4, 0.5) is 0 Å². The molecular formula is C21H31IN4OS. The summed E-state index contributed by atoms with van der Waals surface area (Å²) in [6.07, 6.45) is 3.52. The maximum atomic E-state index is 5.74. The topological polar surface area (TPSA) is 49.8 Å². The van der Waals surface area contributed by atoms with Crippen molar-refractivity contribution in [3.05, 3.63) is 41.4 Å². The van der Waals surface area contributed by atoms with Crippen molar-refractivity contribution in [1.29, 1.82) is 0 Å². The van der Waals surface area contributed by atoms with E-state index in [1.807, 2.05) is 18.2 Å². The molecule has 0 saturated heterocycles. The molecule has 0 spiro atoms. The Morgan fingerprint density at radius 3 is 2.82 bits per heavy atom. The molecule has 1 aliphatic carbocycles. The van der Waals surface area contributed by atoms with E-state index in [-0.39, 0.29) is 24.0 Å². The van der Waals surface area contributed by atoms with Gasteiger partial charge in [0.1, 0.15) is 5.01 Å². The Bertz CT molecular complexity index is 718. The van der Waals surface area contributed by atoms with Crippen LogP contribution in [0.1, 0.15) is 25.5 Å². The number of thiazole rings is 1. The van der Waals surface area contributed by atoms with Crippen LogP contribution >= 0.6 is 35.3 Å². The molecular weight excluding hydrogens is 483 g/mol. The Labute approximate surface area is 189 Å². The predicted octanol–water partition coefficient (Wildman–Crippen LogP) is 4.29. The Morgan fingerprint density at radius 1 is 1.32 bits per heavy atom. The highest BCUT2D eigenvalue weighted by Crippen LogP contribution is 2.28. The maximum absolute atomic E-state index is 5.74. The summed E-state index contributed by atoms with van der Waals surface area (Å²) in [4.78, 5) is 11.6. The van der Waals surface area contributed by atoms with Gasteiger partial charge in [-0.15, -0.1) is 35.3 Å². The van der Waals surface area contributed by atoms with E-state index in [1.54, 1.807) is 11.3 Å². The number of ether oxygens (including phenoxy) is 1. The smallest absolute Gasteiger partial charge is 0.193 e. The number of hydrogen-bond donors (Lipinski definition) is 1. The van der Waals surface area contributed by atoms with Crippen molar-refractivity contribution in [2.45, 2.75) is 26.2 Å². The van der Waals surface area contributed by atoms with Gasteiger partial charge in [0.25, 0.3) is 0 Å². The number of likely N-dealkylation sites (N-methyl/N-ethyl adjacent to an activating group) is 1. The lowest BCUT2D eigenvalue weighted by molar-refractivity contribution is 0.115.